The normalized spacial score (nSPS) is 9.94. The molecule has 3 nitrogen and oxygen atoms in total. The first kappa shape index (κ1) is 13.5. The largest absolute Gasteiger partial charge is 0.494 e. The van der Waals surface area contributed by atoms with Gasteiger partial charge in [0.15, 0.2) is 5.78 Å². The molecule has 0 radical (unpaired) electrons. The lowest BCUT2D eigenvalue weighted by Gasteiger charge is -2.05. The van der Waals surface area contributed by atoms with E-state index in [-0.39, 0.29) is 5.78 Å². The Hall–Kier alpha value is -1.61. The molecule has 0 saturated carbocycles. The number of rotatable bonds is 8. The summed E-state index contributed by atoms with van der Waals surface area (Å²) >= 11 is 0. The molecular weight excluding hydrogens is 214 g/mol. The molecule has 0 spiro atoms. The fourth-order valence-corrected chi connectivity index (χ4v) is 1.35. The second-order valence-corrected chi connectivity index (χ2v) is 3.72. The summed E-state index contributed by atoms with van der Waals surface area (Å²) < 4.78 is 5.45. The van der Waals surface area contributed by atoms with Gasteiger partial charge < -0.3 is 10.1 Å². The second-order valence-electron chi connectivity index (χ2n) is 3.72. The summed E-state index contributed by atoms with van der Waals surface area (Å²) in [5, 5.41) is 2.98. The third-order valence-electron chi connectivity index (χ3n) is 2.22. The van der Waals surface area contributed by atoms with E-state index in [1.165, 1.54) is 0 Å². The zero-order chi connectivity index (χ0) is 12.5. The number of benzene rings is 1. The predicted molar refractivity (Wildman–Crippen MR) is 69.6 cm³/mol. The molecule has 0 amide bonds. The molecule has 0 aliphatic carbocycles. The van der Waals surface area contributed by atoms with Crippen LogP contribution in [-0.2, 0) is 0 Å². The van der Waals surface area contributed by atoms with Gasteiger partial charge in [0, 0.05) is 12.1 Å². The zero-order valence-electron chi connectivity index (χ0n) is 10.2. The van der Waals surface area contributed by atoms with Gasteiger partial charge in [-0.15, -0.1) is 6.58 Å². The Balaban J connectivity index is 2.48. The van der Waals surface area contributed by atoms with Crippen LogP contribution in [-0.4, -0.2) is 25.5 Å². The Morgan fingerprint density at radius 3 is 2.71 bits per heavy atom. The Labute approximate surface area is 102 Å². The van der Waals surface area contributed by atoms with Crippen LogP contribution >= 0.6 is 0 Å². The van der Waals surface area contributed by atoms with Crippen molar-refractivity contribution in [3.8, 4) is 5.75 Å². The van der Waals surface area contributed by atoms with Crippen molar-refractivity contribution in [3.63, 3.8) is 0 Å². The molecule has 0 atom stereocenters. The van der Waals surface area contributed by atoms with Gasteiger partial charge in [-0.05, 0) is 30.7 Å². The standard InChI is InChI=1S/C14H19NO2/c1-3-9-15-11-14(16)12-5-7-13(8-6-12)17-10-4-2/h3,5-8,15H,1,4,9-11H2,2H3. The van der Waals surface area contributed by atoms with Crippen molar-refractivity contribution in [2.45, 2.75) is 13.3 Å². The topological polar surface area (TPSA) is 38.3 Å². The average molecular weight is 233 g/mol. The molecule has 0 aromatic heterocycles. The SMILES string of the molecule is C=CCNCC(=O)c1ccc(OCCC)cc1. The first-order valence-corrected chi connectivity index (χ1v) is 5.85. The van der Waals surface area contributed by atoms with E-state index in [2.05, 4.69) is 18.8 Å². The summed E-state index contributed by atoms with van der Waals surface area (Å²) in [6.45, 7) is 7.32. The molecule has 1 rings (SSSR count). The third kappa shape index (κ3) is 4.83. The molecule has 1 aromatic rings. The summed E-state index contributed by atoms with van der Waals surface area (Å²) in [5.41, 5.74) is 0.699. The number of ketones is 1. The van der Waals surface area contributed by atoms with Gasteiger partial charge >= 0.3 is 0 Å². The molecule has 1 aromatic carbocycles. The molecule has 3 heteroatoms. The third-order valence-corrected chi connectivity index (χ3v) is 2.22. The molecule has 92 valence electrons. The molecule has 1 N–H and O–H groups in total. The first-order chi connectivity index (χ1) is 8.27. The highest BCUT2D eigenvalue weighted by Gasteiger charge is 2.04. The fraction of sp³-hybridized carbons (Fsp3) is 0.357. The number of Topliss-reactive ketones (excluding diaryl/α,β-unsaturated/α-hetero) is 1. The van der Waals surface area contributed by atoms with E-state index in [1.807, 2.05) is 12.1 Å². The van der Waals surface area contributed by atoms with Crippen molar-refractivity contribution >= 4 is 5.78 Å². The Morgan fingerprint density at radius 2 is 2.12 bits per heavy atom. The minimum atomic E-state index is 0.0777. The van der Waals surface area contributed by atoms with Crippen molar-refractivity contribution in [1.82, 2.24) is 5.32 Å². The van der Waals surface area contributed by atoms with Gasteiger partial charge in [0.25, 0.3) is 0 Å². The molecule has 0 aliphatic rings. The van der Waals surface area contributed by atoms with Gasteiger partial charge in [-0.1, -0.05) is 13.0 Å². The van der Waals surface area contributed by atoms with Crippen molar-refractivity contribution < 1.29 is 9.53 Å². The molecule has 17 heavy (non-hydrogen) atoms. The summed E-state index contributed by atoms with van der Waals surface area (Å²) in [6, 6.07) is 7.25. The summed E-state index contributed by atoms with van der Waals surface area (Å²) in [4.78, 5) is 11.7. The number of hydrogen-bond acceptors (Lipinski definition) is 3. The van der Waals surface area contributed by atoms with Crippen LogP contribution in [0, 0.1) is 0 Å². The van der Waals surface area contributed by atoms with Crippen LogP contribution in [0.4, 0.5) is 0 Å². The monoisotopic (exact) mass is 233 g/mol. The number of nitrogens with one attached hydrogen (secondary N) is 1. The smallest absolute Gasteiger partial charge is 0.176 e. The van der Waals surface area contributed by atoms with E-state index >= 15 is 0 Å². The quantitative estimate of drug-likeness (QED) is 0.426. The number of carbonyl (C=O) groups is 1. The Morgan fingerprint density at radius 1 is 1.41 bits per heavy atom. The number of ether oxygens (including phenoxy) is 1. The Bertz CT molecular complexity index is 357. The second kappa shape index (κ2) is 7.63. The van der Waals surface area contributed by atoms with Gasteiger partial charge in [0.05, 0.1) is 13.2 Å². The molecule has 0 bridgehead atoms. The molecule has 0 unspecified atom stereocenters. The molecule has 0 aliphatic heterocycles. The summed E-state index contributed by atoms with van der Waals surface area (Å²) in [6.07, 6.45) is 2.71. The number of hydrogen-bond donors (Lipinski definition) is 1. The highest BCUT2D eigenvalue weighted by molar-refractivity contribution is 5.97. The van der Waals surface area contributed by atoms with Crippen LogP contribution < -0.4 is 10.1 Å². The van der Waals surface area contributed by atoms with Crippen LogP contribution in [0.1, 0.15) is 23.7 Å². The molecule has 0 fully saturated rings. The molecule has 0 saturated heterocycles. The summed E-state index contributed by atoms with van der Waals surface area (Å²) in [5.74, 6) is 0.886. The first-order valence-electron chi connectivity index (χ1n) is 5.85. The van der Waals surface area contributed by atoms with Gasteiger partial charge in [-0.25, -0.2) is 0 Å². The average Bonchev–Trinajstić information content (AvgIpc) is 2.37. The van der Waals surface area contributed by atoms with Gasteiger partial charge in [0.2, 0.25) is 0 Å². The van der Waals surface area contributed by atoms with E-state index in [0.29, 0.717) is 25.3 Å². The van der Waals surface area contributed by atoms with E-state index < -0.39 is 0 Å². The van der Waals surface area contributed by atoms with Crippen LogP contribution in [0.3, 0.4) is 0 Å². The van der Waals surface area contributed by atoms with E-state index in [4.69, 9.17) is 4.74 Å². The zero-order valence-corrected chi connectivity index (χ0v) is 10.2. The van der Waals surface area contributed by atoms with Gasteiger partial charge in [-0.2, -0.15) is 0 Å². The molecule has 0 heterocycles. The summed E-state index contributed by atoms with van der Waals surface area (Å²) in [7, 11) is 0. The maximum Gasteiger partial charge on any atom is 0.176 e. The maximum atomic E-state index is 11.7. The van der Waals surface area contributed by atoms with Crippen molar-refractivity contribution in [3.05, 3.63) is 42.5 Å². The highest BCUT2D eigenvalue weighted by Crippen LogP contribution is 2.12. The van der Waals surface area contributed by atoms with E-state index in [0.717, 1.165) is 12.2 Å². The minimum Gasteiger partial charge on any atom is -0.494 e. The van der Waals surface area contributed by atoms with E-state index in [1.54, 1.807) is 18.2 Å². The van der Waals surface area contributed by atoms with Gasteiger partial charge in [-0.3, -0.25) is 4.79 Å². The van der Waals surface area contributed by atoms with Crippen LogP contribution in [0.25, 0.3) is 0 Å². The fourth-order valence-electron chi connectivity index (χ4n) is 1.35. The lowest BCUT2D eigenvalue weighted by atomic mass is 10.1. The number of carbonyl (C=O) groups excluding carboxylic acids is 1. The van der Waals surface area contributed by atoms with Crippen LogP contribution in [0.15, 0.2) is 36.9 Å². The van der Waals surface area contributed by atoms with Crippen LogP contribution in [0.2, 0.25) is 0 Å². The van der Waals surface area contributed by atoms with E-state index in [9.17, 15) is 4.79 Å². The minimum absolute atomic E-state index is 0.0777. The van der Waals surface area contributed by atoms with Crippen LogP contribution in [0.5, 0.6) is 5.75 Å². The predicted octanol–water partition coefficient (Wildman–Crippen LogP) is 2.43. The Kier molecular flexibility index (Phi) is 6.04. The van der Waals surface area contributed by atoms with Crippen molar-refractivity contribution in [2.24, 2.45) is 0 Å². The highest BCUT2D eigenvalue weighted by atomic mass is 16.5. The van der Waals surface area contributed by atoms with Crippen molar-refractivity contribution in [1.29, 1.82) is 0 Å². The molecular formula is C14H19NO2. The maximum absolute atomic E-state index is 11.7. The lowest BCUT2D eigenvalue weighted by Crippen LogP contribution is -2.22. The van der Waals surface area contributed by atoms with Gasteiger partial charge in [0.1, 0.15) is 5.75 Å². The van der Waals surface area contributed by atoms with Crippen molar-refractivity contribution in [2.75, 3.05) is 19.7 Å². The lowest BCUT2D eigenvalue weighted by molar-refractivity contribution is 0.0992.